The van der Waals surface area contributed by atoms with Gasteiger partial charge in [0.05, 0.1) is 0 Å². The summed E-state index contributed by atoms with van der Waals surface area (Å²) in [6.45, 7) is 5.83. The van der Waals surface area contributed by atoms with Crippen molar-refractivity contribution >= 4 is 35.8 Å². The van der Waals surface area contributed by atoms with Crippen molar-refractivity contribution in [1.29, 1.82) is 0 Å². The maximum atomic E-state index is 11.1. The highest BCUT2D eigenvalue weighted by Gasteiger charge is 2.23. The van der Waals surface area contributed by atoms with Crippen LogP contribution in [-0.2, 0) is 4.79 Å². The summed E-state index contributed by atoms with van der Waals surface area (Å²) in [4.78, 5) is 18.2. The predicted molar refractivity (Wildman–Crippen MR) is 101 cm³/mol. The predicted octanol–water partition coefficient (Wildman–Crippen LogP) is 2.35. The number of hydrogen-bond acceptors (Lipinski definition) is 2. The fourth-order valence-corrected chi connectivity index (χ4v) is 3.11. The van der Waals surface area contributed by atoms with Gasteiger partial charge in [0.25, 0.3) is 0 Å². The van der Waals surface area contributed by atoms with Gasteiger partial charge >= 0.3 is 0 Å². The van der Waals surface area contributed by atoms with E-state index in [9.17, 15) is 4.79 Å². The Morgan fingerprint density at radius 2 is 2.09 bits per heavy atom. The first-order valence-electron chi connectivity index (χ1n) is 8.50. The lowest BCUT2D eigenvalue weighted by Gasteiger charge is -2.34. The second kappa shape index (κ2) is 10.3. The molecular formula is C16H31IN4O. The summed E-state index contributed by atoms with van der Waals surface area (Å²) in [5.41, 5.74) is 5.33. The number of hydrogen-bond donors (Lipinski definition) is 2. The molecule has 22 heavy (non-hydrogen) atoms. The van der Waals surface area contributed by atoms with Crippen molar-refractivity contribution in [2.75, 3.05) is 26.2 Å². The quantitative estimate of drug-likeness (QED) is 0.286. The highest BCUT2D eigenvalue weighted by atomic mass is 127. The maximum Gasteiger partial charge on any atom is 0.217 e. The molecule has 1 heterocycles. The highest BCUT2D eigenvalue weighted by Crippen LogP contribution is 2.33. The smallest absolute Gasteiger partial charge is 0.217 e. The normalized spacial score (nSPS) is 22.1. The molecule has 1 amide bonds. The number of primary amides is 1. The van der Waals surface area contributed by atoms with Gasteiger partial charge in [-0.2, -0.15) is 0 Å². The monoisotopic (exact) mass is 422 g/mol. The fourth-order valence-electron chi connectivity index (χ4n) is 3.11. The van der Waals surface area contributed by atoms with Crippen molar-refractivity contribution in [3.63, 3.8) is 0 Å². The van der Waals surface area contributed by atoms with Crippen LogP contribution < -0.4 is 11.1 Å². The van der Waals surface area contributed by atoms with Crippen LogP contribution >= 0.6 is 24.0 Å². The molecule has 1 saturated heterocycles. The number of rotatable bonds is 7. The first-order valence-corrected chi connectivity index (χ1v) is 8.50. The van der Waals surface area contributed by atoms with Crippen molar-refractivity contribution in [1.82, 2.24) is 10.2 Å². The highest BCUT2D eigenvalue weighted by molar-refractivity contribution is 14.0. The van der Waals surface area contributed by atoms with Gasteiger partial charge in [-0.15, -0.1) is 24.0 Å². The van der Waals surface area contributed by atoms with Gasteiger partial charge in [0.1, 0.15) is 0 Å². The third-order valence-corrected chi connectivity index (χ3v) is 4.37. The molecule has 5 nitrogen and oxygen atoms in total. The molecule has 2 aliphatic rings. The number of amides is 1. The summed E-state index contributed by atoms with van der Waals surface area (Å²) in [6.07, 6.45) is 8.07. The number of nitrogens with zero attached hydrogens (tertiary/aromatic N) is 2. The zero-order valence-corrected chi connectivity index (χ0v) is 16.1. The first kappa shape index (κ1) is 19.5. The average Bonchev–Trinajstić information content (AvgIpc) is 3.26. The SMILES string of the molecule is CCNC(=NCCCC1CC1)N1CCCC(CC(N)=O)C1.I. The number of aliphatic imine (C=N–C) groups is 1. The van der Waals surface area contributed by atoms with E-state index in [1.165, 1.54) is 25.7 Å². The number of piperidine rings is 1. The second-order valence-electron chi connectivity index (χ2n) is 6.45. The summed E-state index contributed by atoms with van der Waals surface area (Å²) in [7, 11) is 0. The van der Waals surface area contributed by atoms with E-state index in [1.807, 2.05) is 0 Å². The van der Waals surface area contributed by atoms with E-state index < -0.39 is 0 Å². The molecule has 128 valence electrons. The number of carbonyl (C=O) groups is 1. The van der Waals surface area contributed by atoms with E-state index in [0.29, 0.717) is 12.3 Å². The van der Waals surface area contributed by atoms with Crippen molar-refractivity contribution in [3.8, 4) is 0 Å². The second-order valence-corrected chi connectivity index (χ2v) is 6.45. The molecule has 0 aromatic rings. The minimum atomic E-state index is -0.187. The number of halogens is 1. The summed E-state index contributed by atoms with van der Waals surface area (Å²) in [5, 5.41) is 3.39. The summed E-state index contributed by atoms with van der Waals surface area (Å²) in [6, 6.07) is 0. The molecule has 2 fully saturated rings. The Labute approximate surface area is 151 Å². The van der Waals surface area contributed by atoms with Crippen molar-refractivity contribution in [3.05, 3.63) is 0 Å². The molecule has 0 aromatic heterocycles. The lowest BCUT2D eigenvalue weighted by atomic mass is 9.95. The zero-order valence-electron chi connectivity index (χ0n) is 13.7. The standard InChI is InChI=1S/C16H30N4O.HI/c1-2-18-16(19-9-3-5-13-7-8-13)20-10-4-6-14(12-20)11-15(17)21;/h13-14H,2-12H2,1H3,(H2,17,21)(H,18,19);1H. The third-order valence-electron chi connectivity index (χ3n) is 4.37. The Kier molecular flexibility index (Phi) is 9.12. The molecule has 6 heteroatoms. The van der Waals surface area contributed by atoms with Crippen molar-refractivity contribution in [2.24, 2.45) is 22.6 Å². The lowest BCUT2D eigenvalue weighted by molar-refractivity contribution is -0.119. The van der Waals surface area contributed by atoms with E-state index in [4.69, 9.17) is 10.7 Å². The Morgan fingerprint density at radius 3 is 2.73 bits per heavy atom. The molecule has 1 atom stereocenters. The van der Waals surface area contributed by atoms with Gasteiger partial charge in [0.2, 0.25) is 5.91 Å². The van der Waals surface area contributed by atoms with Crippen LogP contribution in [0.5, 0.6) is 0 Å². The largest absolute Gasteiger partial charge is 0.370 e. The van der Waals surface area contributed by atoms with E-state index in [0.717, 1.165) is 50.9 Å². The van der Waals surface area contributed by atoms with Gasteiger partial charge in [0.15, 0.2) is 5.96 Å². The number of nitrogens with one attached hydrogen (secondary N) is 1. The van der Waals surface area contributed by atoms with Gasteiger partial charge in [-0.3, -0.25) is 9.79 Å². The number of guanidine groups is 1. The summed E-state index contributed by atoms with van der Waals surface area (Å²) in [5.74, 6) is 2.19. The Balaban J connectivity index is 0.00000242. The molecule has 2 rings (SSSR count). The molecule has 0 radical (unpaired) electrons. The molecule has 0 bridgehead atoms. The van der Waals surface area contributed by atoms with Crippen LogP contribution in [0.1, 0.15) is 51.9 Å². The van der Waals surface area contributed by atoms with Crippen molar-refractivity contribution in [2.45, 2.75) is 51.9 Å². The van der Waals surface area contributed by atoms with Gasteiger partial charge in [-0.05, 0) is 44.4 Å². The molecule has 0 spiro atoms. The van der Waals surface area contributed by atoms with Gasteiger partial charge in [-0.1, -0.05) is 12.8 Å². The molecule has 1 aliphatic heterocycles. The van der Waals surface area contributed by atoms with E-state index in [2.05, 4.69) is 17.1 Å². The molecule has 3 N–H and O–H groups in total. The minimum Gasteiger partial charge on any atom is -0.370 e. The summed E-state index contributed by atoms with van der Waals surface area (Å²) >= 11 is 0. The molecule has 1 aliphatic carbocycles. The molecule has 1 unspecified atom stereocenters. The topological polar surface area (TPSA) is 70.7 Å². The van der Waals surface area contributed by atoms with Gasteiger partial charge < -0.3 is 16.0 Å². The van der Waals surface area contributed by atoms with Crippen LogP contribution in [0.4, 0.5) is 0 Å². The summed E-state index contributed by atoms with van der Waals surface area (Å²) < 4.78 is 0. The van der Waals surface area contributed by atoms with Crippen LogP contribution in [0.3, 0.4) is 0 Å². The lowest BCUT2D eigenvalue weighted by Crippen LogP contribution is -2.47. The molecule has 0 aromatic carbocycles. The zero-order chi connectivity index (χ0) is 15.1. The average molecular weight is 422 g/mol. The van der Waals surface area contributed by atoms with E-state index >= 15 is 0 Å². The number of nitrogens with two attached hydrogens (primary N) is 1. The third kappa shape index (κ3) is 7.15. The van der Waals surface area contributed by atoms with E-state index in [1.54, 1.807) is 0 Å². The minimum absolute atomic E-state index is 0. The fraction of sp³-hybridized carbons (Fsp3) is 0.875. The Morgan fingerprint density at radius 1 is 1.32 bits per heavy atom. The van der Waals surface area contributed by atoms with E-state index in [-0.39, 0.29) is 29.9 Å². The van der Waals surface area contributed by atoms with Crippen LogP contribution in [-0.4, -0.2) is 42.9 Å². The molecular weight excluding hydrogens is 391 g/mol. The Bertz CT molecular complexity index is 371. The Hall–Kier alpha value is -0.530. The van der Waals surface area contributed by atoms with Gasteiger partial charge in [-0.25, -0.2) is 0 Å². The van der Waals surface area contributed by atoms with Crippen LogP contribution in [0, 0.1) is 11.8 Å². The molecule has 1 saturated carbocycles. The first-order chi connectivity index (χ1) is 10.2. The van der Waals surface area contributed by atoms with Crippen LogP contribution in [0.15, 0.2) is 4.99 Å². The van der Waals surface area contributed by atoms with Crippen molar-refractivity contribution < 1.29 is 4.79 Å². The maximum absolute atomic E-state index is 11.1. The van der Waals surface area contributed by atoms with Gasteiger partial charge in [0, 0.05) is 32.6 Å². The van der Waals surface area contributed by atoms with Crippen LogP contribution in [0.2, 0.25) is 0 Å². The number of carbonyl (C=O) groups excluding carboxylic acids is 1. The van der Waals surface area contributed by atoms with Crippen LogP contribution in [0.25, 0.3) is 0 Å². The number of likely N-dealkylation sites (tertiary alicyclic amines) is 1.